The zero-order chi connectivity index (χ0) is 20.3. The van der Waals surface area contributed by atoms with E-state index in [9.17, 15) is 9.90 Å². The van der Waals surface area contributed by atoms with Gasteiger partial charge in [0.1, 0.15) is 0 Å². The molecule has 1 aromatic heterocycles. The second kappa shape index (κ2) is 9.00. The SMILES string of the molecule is Cc1cnccc1N1CCN(CC2(O)CCCN(CC3CCCCC3)C2=O)CC1. The Morgan fingerprint density at radius 1 is 1.10 bits per heavy atom. The Morgan fingerprint density at radius 2 is 1.86 bits per heavy atom. The fourth-order valence-electron chi connectivity index (χ4n) is 5.41. The molecule has 0 bridgehead atoms. The van der Waals surface area contributed by atoms with Gasteiger partial charge < -0.3 is 14.9 Å². The molecule has 6 nitrogen and oxygen atoms in total. The number of aliphatic hydroxyl groups is 1. The van der Waals surface area contributed by atoms with Crippen LogP contribution in [0.5, 0.6) is 0 Å². The highest BCUT2D eigenvalue weighted by atomic mass is 16.3. The van der Waals surface area contributed by atoms with Crippen LogP contribution in [0.4, 0.5) is 5.69 Å². The lowest BCUT2D eigenvalue weighted by molar-refractivity contribution is -0.160. The van der Waals surface area contributed by atoms with Crippen molar-refractivity contribution in [2.75, 3.05) is 50.7 Å². The molecule has 160 valence electrons. The molecule has 0 aromatic carbocycles. The van der Waals surface area contributed by atoms with Gasteiger partial charge in [0.2, 0.25) is 0 Å². The zero-order valence-electron chi connectivity index (χ0n) is 17.9. The van der Waals surface area contributed by atoms with Crippen molar-refractivity contribution in [2.45, 2.75) is 57.5 Å². The van der Waals surface area contributed by atoms with E-state index < -0.39 is 5.60 Å². The second-order valence-corrected chi connectivity index (χ2v) is 9.32. The van der Waals surface area contributed by atoms with Gasteiger partial charge in [0.05, 0.1) is 0 Å². The highest BCUT2D eigenvalue weighted by Crippen LogP contribution is 2.29. The normalized spacial score (nSPS) is 27.4. The summed E-state index contributed by atoms with van der Waals surface area (Å²) in [5.74, 6) is 0.601. The Hall–Kier alpha value is -1.66. The number of carbonyl (C=O) groups excluding carboxylic acids is 1. The van der Waals surface area contributed by atoms with Gasteiger partial charge in [-0.15, -0.1) is 0 Å². The summed E-state index contributed by atoms with van der Waals surface area (Å²) in [6.07, 6.45) is 11.6. The fraction of sp³-hybridized carbons (Fsp3) is 0.739. The molecule has 2 aliphatic heterocycles. The number of aromatic nitrogens is 1. The number of pyridine rings is 1. The fourth-order valence-corrected chi connectivity index (χ4v) is 5.41. The zero-order valence-corrected chi connectivity index (χ0v) is 17.9. The van der Waals surface area contributed by atoms with E-state index >= 15 is 0 Å². The lowest BCUT2D eigenvalue weighted by atomic mass is 9.86. The van der Waals surface area contributed by atoms with Crippen LogP contribution in [-0.2, 0) is 4.79 Å². The monoisotopic (exact) mass is 400 g/mol. The van der Waals surface area contributed by atoms with Crippen molar-refractivity contribution in [3.8, 4) is 0 Å². The molecule has 1 aromatic rings. The maximum absolute atomic E-state index is 13.2. The summed E-state index contributed by atoms with van der Waals surface area (Å²) in [4.78, 5) is 24.0. The van der Waals surface area contributed by atoms with E-state index in [4.69, 9.17) is 0 Å². The van der Waals surface area contributed by atoms with Crippen molar-refractivity contribution in [1.82, 2.24) is 14.8 Å². The van der Waals surface area contributed by atoms with Crippen LogP contribution in [0.1, 0.15) is 50.5 Å². The maximum atomic E-state index is 13.2. The molecule has 3 fully saturated rings. The van der Waals surface area contributed by atoms with Gasteiger partial charge in [-0.3, -0.25) is 14.7 Å². The van der Waals surface area contributed by atoms with E-state index in [2.05, 4.69) is 27.8 Å². The molecule has 1 amide bonds. The van der Waals surface area contributed by atoms with Crippen LogP contribution in [0, 0.1) is 12.8 Å². The Labute approximate surface area is 174 Å². The lowest BCUT2D eigenvalue weighted by Gasteiger charge is -2.44. The van der Waals surface area contributed by atoms with E-state index in [0.29, 0.717) is 18.9 Å². The Balaban J connectivity index is 1.32. The first-order valence-electron chi connectivity index (χ1n) is 11.4. The number of likely N-dealkylation sites (tertiary alicyclic amines) is 1. The smallest absolute Gasteiger partial charge is 0.255 e. The topological polar surface area (TPSA) is 59.9 Å². The van der Waals surface area contributed by atoms with Crippen molar-refractivity contribution in [2.24, 2.45) is 5.92 Å². The number of nitrogens with zero attached hydrogens (tertiary/aromatic N) is 4. The molecule has 1 N–H and O–H groups in total. The molecule has 1 saturated carbocycles. The van der Waals surface area contributed by atoms with Gasteiger partial charge in [0, 0.05) is 63.9 Å². The average molecular weight is 401 g/mol. The Bertz CT molecular complexity index is 698. The highest BCUT2D eigenvalue weighted by molar-refractivity contribution is 5.86. The van der Waals surface area contributed by atoms with Crippen molar-refractivity contribution in [3.63, 3.8) is 0 Å². The first-order chi connectivity index (χ1) is 14.0. The third-order valence-corrected chi connectivity index (χ3v) is 7.10. The summed E-state index contributed by atoms with van der Waals surface area (Å²) >= 11 is 0. The lowest BCUT2D eigenvalue weighted by Crippen LogP contribution is -2.61. The van der Waals surface area contributed by atoms with Crippen LogP contribution < -0.4 is 4.90 Å². The van der Waals surface area contributed by atoms with Crippen LogP contribution >= 0.6 is 0 Å². The number of anilines is 1. The third kappa shape index (κ3) is 4.75. The first-order valence-corrected chi connectivity index (χ1v) is 11.4. The van der Waals surface area contributed by atoms with Gasteiger partial charge in [0.15, 0.2) is 5.60 Å². The third-order valence-electron chi connectivity index (χ3n) is 7.10. The number of aryl methyl sites for hydroxylation is 1. The summed E-state index contributed by atoms with van der Waals surface area (Å²) < 4.78 is 0. The molecule has 1 aliphatic carbocycles. The first kappa shape index (κ1) is 20.6. The van der Waals surface area contributed by atoms with Crippen LogP contribution in [0.2, 0.25) is 0 Å². The summed E-state index contributed by atoms with van der Waals surface area (Å²) in [6, 6.07) is 2.08. The molecule has 1 atom stereocenters. The number of hydrogen-bond donors (Lipinski definition) is 1. The molecular formula is C23H36N4O2. The van der Waals surface area contributed by atoms with Crippen molar-refractivity contribution in [1.29, 1.82) is 0 Å². The number of amides is 1. The van der Waals surface area contributed by atoms with E-state index in [-0.39, 0.29) is 5.91 Å². The standard InChI is InChI=1S/C23H36N4O2/c1-19-16-24-10-8-21(19)26-14-12-25(13-15-26)18-23(29)9-5-11-27(22(23)28)17-20-6-3-2-4-7-20/h8,10,16,20,29H,2-7,9,11-15,17-18H2,1H3. The number of piperidine rings is 1. The predicted molar refractivity (Wildman–Crippen MR) is 115 cm³/mol. The van der Waals surface area contributed by atoms with Crippen LogP contribution in [-0.4, -0.2) is 77.2 Å². The minimum absolute atomic E-state index is 0.0262. The van der Waals surface area contributed by atoms with Gasteiger partial charge in [0.25, 0.3) is 5.91 Å². The Morgan fingerprint density at radius 3 is 2.59 bits per heavy atom. The molecule has 6 heteroatoms. The minimum Gasteiger partial charge on any atom is -0.379 e. The average Bonchev–Trinajstić information content (AvgIpc) is 2.73. The molecule has 0 radical (unpaired) electrons. The number of carbonyl (C=O) groups is 1. The highest BCUT2D eigenvalue weighted by Gasteiger charge is 2.44. The van der Waals surface area contributed by atoms with Crippen molar-refractivity contribution >= 4 is 11.6 Å². The Kier molecular flexibility index (Phi) is 6.40. The molecule has 1 unspecified atom stereocenters. The molecule has 3 heterocycles. The quantitative estimate of drug-likeness (QED) is 0.823. The van der Waals surface area contributed by atoms with E-state index in [1.807, 2.05) is 17.3 Å². The van der Waals surface area contributed by atoms with Crippen molar-refractivity contribution in [3.05, 3.63) is 24.0 Å². The van der Waals surface area contributed by atoms with E-state index in [0.717, 1.165) is 45.7 Å². The van der Waals surface area contributed by atoms with Crippen molar-refractivity contribution < 1.29 is 9.90 Å². The number of β-amino-alcohol motifs (C(OH)–C–C–N with tert-alkyl or cyclic N) is 1. The number of hydrogen-bond acceptors (Lipinski definition) is 5. The molecular weight excluding hydrogens is 364 g/mol. The van der Waals surface area contributed by atoms with Crippen LogP contribution in [0.3, 0.4) is 0 Å². The number of piperazine rings is 1. The number of rotatable bonds is 5. The molecule has 4 rings (SSSR count). The van der Waals surface area contributed by atoms with Gasteiger partial charge in [-0.1, -0.05) is 19.3 Å². The van der Waals surface area contributed by atoms with Crippen LogP contribution in [0.15, 0.2) is 18.5 Å². The largest absolute Gasteiger partial charge is 0.379 e. The van der Waals surface area contributed by atoms with Gasteiger partial charge in [-0.2, -0.15) is 0 Å². The maximum Gasteiger partial charge on any atom is 0.255 e. The minimum atomic E-state index is -1.21. The summed E-state index contributed by atoms with van der Waals surface area (Å²) in [6.45, 7) is 7.81. The molecule has 29 heavy (non-hydrogen) atoms. The van der Waals surface area contributed by atoms with Gasteiger partial charge >= 0.3 is 0 Å². The predicted octanol–water partition coefficient (Wildman–Crippen LogP) is 2.45. The molecule has 2 saturated heterocycles. The van der Waals surface area contributed by atoms with E-state index in [1.54, 1.807) is 0 Å². The van der Waals surface area contributed by atoms with Crippen LogP contribution in [0.25, 0.3) is 0 Å². The molecule has 3 aliphatic rings. The van der Waals surface area contributed by atoms with E-state index in [1.165, 1.54) is 43.4 Å². The second-order valence-electron chi connectivity index (χ2n) is 9.32. The van der Waals surface area contributed by atoms with Gasteiger partial charge in [-0.05, 0) is 50.2 Å². The van der Waals surface area contributed by atoms with Gasteiger partial charge in [-0.25, -0.2) is 0 Å². The summed E-state index contributed by atoms with van der Waals surface area (Å²) in [7, 11) is 0. The summed E-state index contributed by atoms with van der Waals surface area (Å²) in [5.41, 5.74) is 1.23. The molecule has 0 spiro atoms. The summed E-state index contributed by atoms with van der Waals surface area (Å²) in [5, 5.41) is 11.3.